The van der Waals surface area contributed by atoms with Gasteiger partial charge >= 0.3 is 0 Å². The molecule has 0 aliphatic carbocycles. The van der Waals surface area contributed by atoms with Crippen molar-refractivity contribution in [3.63, 3.8) is 0 Å². The minimum Gasteiger partial charge on any atom is -0.436 e. The number of carbonyl (C=O) groups excluding carboxylic acids is 1. The van der Waals surface area contributed by atoms with Crippen LogP contribution in [0.25, 0.3) is 0 Å². The van der Waals surface area contributed by atoms with E-state index in [1.165, 1.54) is 16.2 Å². The van der Waals surface area contributed by atoms with Gasteiger partial charge in [0.15, 0.2) is 10.2 Å². The molecule has 0 radical (unpaired) electrons. The molecule has 1 amide bonds. The van der Waals surface area contributed by atoms with Crippen molar-refractivity contribution in [2.24, 2.45) is 0 Å². The summed E-state index contributed by atoms with van der Waals surface area (Å²) in [6, 6.07) is 4.10. The van der Waals surface area contributed by atoms with E-state index >= 15 is 0 Å². The minimum absolute atomic E-state index is 0.209. The number of hydrogen-bond acceptors (Lipinski definition) is 8. The smallest absolute Gasteiger partial charge is 0.295 e. The van der Waals surface area contributed by atoms with E-state index in [0.29, 0.717) is 16.7 Å². The second-order valence-corrected chi connectivity index (χ2v) is 7.57. The highest BCUT2D eigenvalue weighted by Gasteiger charge is 2.17. The predicted octanol–water partition coefficient (Wildman–Crippen LogP) is 3.75. The zero-order valence-electron chi connectivity index (χ0n) is 11.8. The first-order valence-corrected chi connectivity index (χ1v) is 9.04. The molecule has 114 valence electrons. The molecule has 0 aliphatic heterocycles. The first-order valence-electron chi connectivity index (χ1n) is 6.36. The number of aromatic nitrogens is 3. The molecule has 0 atom stereocenters. The van der Waals surface area contributed by atoms with Gasteiger partial charge in [0.25, 0.3) is 5.91 Å². The number of carbonyl (C=O) groups is 1. The second kappa shape index (κ2) is 6.59. The summed E-state index contributed by atoms with van der Waals surface area (Å²) in [5.41, 5.74) is 0.562. The lowest BCUT2D eigenvalue weighted by Gasteiger charge is -1.97. The highest BCUT2D eigenvalue weighted by atomic mass is 32.2. The molecule has 0 aliphatic rings. The Morgan fingerprint density at radius 3 is 2.95 bits per heavy atom. The molecular formula is C13H12N4O2S3. The highest BCUT2D eigenvalue weighted by Crippen LogP contribution is 2.29. The molecule has 1 N–H and O–H groups in total. The van der Waals surface area contributed by atoms with E-state index in [9.17, 15) is 4.79 Å². The summed E-state index contributed by atoms with van der Waals surface area (Å²) < 4.78 is 6.10. The molecule has 0 saturated carbocycles. The lowest BCUT2D eigenvalue weighted by atomic mass is 10.3. The van der Waals surface area contributed by atoms with Gasteiger partial charge < -0.3 is 4.42 Å². The highest BCUT2D eigenvalue weighted by molar-refractivity contribution is 8.00. The van der Waals surface area contributed by atoms with Crippen molar-refractivity contribution in [1.82, 2.24) is 15.2 Å². The molecule has 0 unspecified atom stereocenters. The molecule has 3 heterocycles. The summed E-state index contributed by atoms with van der Waals surface area (Å²) >= 11 is 4.65. The van der Waals surface area contributed by atoms with Crippen LogP contribution in [0.2, 0.25) is 0 Å². The Balaban J connectivity index is 1.61. The van der Waals surface area contributed by atoms with E-state index in [-0.39, 0.29) is 11.7 Å². The minimum atomic E-state index is -0.357. The fourth-order valence-electron chi connectivity index (χ4n) is 1.74. The number of hydrogen-bond donors (Lipinski definition) is 1. The van der Waals surface area contributed by atoms with Crippen molar-refractivity contribution in [3.05, 3.63) is 39.7 Å². The molecule has 6 nitrogen and oxygen atoms in total. The second-order valence-electron chi connectivity index (χ2n) is 4.34. The number of anilines is 1. The van der Waals surface area contributed by atoms with Crippen LogP contribution in [0.5, 0.6) is 0 Å². The van der Waals surface area contributed by atoms with Crippen LogP contribution in [-0.2, 0) is 5.75 Å². The summed E-state index contributed by atoms with van der Waals surface area (Å²) in [5, 5.41) is 13.2. The van der Waals surface area contributed by atoms with Gasteiger partial charge in [0.2, 0.25) is 10.9 Å². The maximum Gasteiger partial charge on any atom is 0.295 e. The lowest BCUT2D eigenvalue weighted by Crippen LogP contribution is -2.12. The summed E-state index contributed by atoms with van der Waals surface area (Å²) in [6.07, 6.45) is 0. The molecule has 0 spiro atoms. The van der Waals surface area contributed by atoms with Gasteiger partial charge in [0, 0.05) is 17.6 Å². The van der Waals surface area contributed by atoms with Gasteiger partial charge in [-0.05, 0) is 18.4 Å². The molecule has 3 aromatic rings. The number of nitrogens with zero attached hydrogens (tertiary/aromatic N) is 3. The summed E-state index contributed by atoms with van der Waals surface area (Å²) in [4.78, 5) is 17.4. The molecule has 0 aromatic carbocycles. The van der Waals surface area contributed by atoms with Gasteiger partial charge in [0.1, 0.15) is 0 Å². The number of aryl methyl sites for hydroxylation is 2. The lowest BCUT2D eigenvalue weighted by molar-refractivity contribution is 0.0994. The van der Waals surface area contributed by atoms with Gasteiger partial charge in [-0.2, -0.15) is 0 Å². The van der Waals surface area contributed by atoms with Crippen molar-refractivity contribution in [2.45, 2.75) is 23.9 Å². The zero-order chi connectivity index (χ0) is 15.5. The Bertz CT molecular complexity index is 779. The topological polar surface area (TPSA) is 80.9 Å². The summed E-state index contributed by atoms with van der Waals surface area (Å²) in [7, 11) is 0. The SMILES string of the molecule is Cc1nc(C)c(C(=O)Nc2nnc(SCc3cccs3)s2)o1. The number of nitrogens with one attached hydrogen (secondary N) is 1. The van der Waals surface area contributed by atoms with Crippen molar-refractivity contribution < 1.29 is 9.21 Å². The third kappa shape index (κ3) is 3.54. The molecule has 22 heavy (non-hydrogen) atoms. The van der Waals surface area contributed by atoms with Crippen LogP contribution < -0.4 is 5.32 Å². The maximum absolute atomic E-state index is 12.1. The van der Waals surface area contributed by atoms with Gasteiger partial charge in [0.05, 0.1) is 5.69 Å². The van der Waals surface area contributed by atoms with Gasteiger partial charge in [-0.15, -0.1) is 21.5 Å². The van der Waals surface area contributed by atoms with Crippen LogP contribution >= 0.6 is 34.4 Å². The number of thiophene rings is 1. The molecule has 0 saturated heterocycles. The molecule has 9 heteroatoms. The van der Waals surface area contributed by atoms with Crippen LogP contribution in [0.4, 0.5) is 5.13 Å². The fourth-order valence-corrected chi connectivity index (χ4v) is 4.26. The van der Waals surface area contributed by atoms with Crippen LogP contribution in [0.1, 0.15) is 27.0 Å². The largest absolute Gasteiger partial charge is 0.436 e. The van der Waals surface area contributed by atoms with Crippen molar-refractivity contribution in [2.75, 3.05) is 5.32 Å². The number of rotatable bonds is 5. The Morgan fingerprint density at radius 2 is 2.27 bits per heavy atom. The van der Waals surface area contributed by atoms with Crippen LogP contribution in [-0.4, -0.2) is 21.1 Å². The first-order chi connectivity index (χ1) is 10.6. The maximum atomic E-state index is 12.1. The molecule has 0 bridgehead atoms. The Hall–Kier alpha value is -1.71. The standard InChI is InChI=1S/C13H12N4O2S3/c1-7-10(19-8(2)14-7)11(18)15-12-16-17-13(22-12)21-6-9-4-3-5-20-9/h3-5H,6H2,1-2H3,(H,15,16,18). The third-order valence-electron chi connectivity index (χ3n) is 2.65. The van der Waals surface area contributed by atoms with Gasteiger partial charge in [-0.1, -0.05) is 29.2 Å². The number of thioether (sulfide) groups is 1. The van der Waals surface area contributed by atoms with Crippen LogP contribution in [0.15, 0.2) is 26.3 Å². The molecule has 0 fully saturated rings. The number of amides is 1. The van der Waals surface area contributed by atoms with E-state index in [1.807, 2.05) is 11.4 Å². The quantitative estimate of drug-likeness (QED) is 0.556. The third-order valence-corrected chi connectivity index (χ3v) is 5.73. The van der Waals surface area contributed by atoms with Crippen molar-refractivity contribution in [3.8, 4) is 0 Å². The van der Waals surface area contributed by atoms with E-state index in [0.717, 1.165) is 10.1 Å². The van der Waals surface area contributed by atoms with Gasteiger partial charge in [-0.25, -0.2) is 4.98 Å². The molecular weight excluding hydrogens is 340 g/mol. The molecule has 3 rings (SSSR count). The average molecular weight is 352 g/mol. The van der Waals surface area contributed by atoms with Crippen molar-refractivity contribution >= 4 is 45.5 Å². The Labute approximate surface area is 139 Å². The first kappa shape index (κ1) is 15.2. The van der Waals surface area contributed by atoms with E-state index in [1.54, 1.807) is 36.9 Å². The monoisotopic (exact) mass is 352 g/mol. The van der Waals surface area contributed by atoms with E-state index in [4.69, 9.17) is 4.42 Å². The predicted molar refractivity (Wildman–Crippen MR) is 87.7 cm³/mol. The van der Waals surface area contributed by atoms with Crippen LogP contribution in [0, 0.1) is 13.8 Å². The van der Waals surface area contributed by atoms with Crippen LogP contribution in [0.3, 0.4) is 0 Å². The van der Waals surface area contributed by atoms with E-state index in [2.05, 4.69) is 26.6 Å². The van der Waals surface area contributed by atoms with E-state index < -0.39 is 0 Å². The summed E-state index contributed by atoms with van der Waals surface area (Å²) in [5.74, 6) is 1.16. The average Bonchev–Trinajstić information content (AvgIpc) is 3.18. The number of oxazole rings is 1. The van der Waals surface area contributed by atoms with Gasteiger partial charge in [-0.3, -0.25) is 10.1 Å². The zero-order valence-corrected chi connectivity index (χ0v) is 14.3. The molecule has 3 aromatic heterocycles. The van der Waals surface area contributed by atoms with Crippen molar-refractivity contribution in [1.29, 1.82) is 0 Å². The fraction of sp³-hybridized carbons (Fsp3) is 0.231. The Morgan fingerprint density at radius 1 is 1.41 bits per heavy atom. The Kier molecular flexibility index (Phi) is 4.55. The summed E-state index contributed by atoms with van der Waals surface area (Å²) in [6.45, 7) is 3.43. The normalized spacial score (nSPS) is 10.8.